The SMILES string of the molecule is CC(Cl)c1nc(-c2ccc([N+](=O)[O-])cc2)no1. The van der Waals surface area contributed by atoms with Gasteiger partial charge in [-0.15, -0.1) is 11.6 Å². The lowest BCUT2D eigenvalue weighted by atomic mass is 10.2. The van der Waals surface area contributed by atoms with E-state index in [0.29, 0.717) is 17.3 Å². The number of nitro groups is 1. The molecule has 1 heterocycles. The molecule has 1 aromatic carbocycles. The summed E-state index contributed by atoms with van der Waals surface area (Å²) in [5.74, 6) is 0.683. The lowest BCUT2D eigenvalue weighted by molar-refractivity contribution is -0.384. The molecule has 0 N–H and O–H groups in total. The summed E-state index contributed by atoms with van der Waals surface area (Å²) in [6, 6.07) is 5.89. The normalized spacial score (nSPS) is 12.4. The van der Waals surface area contributed by atoms with Gasteiger partial charge in [0, 0.05) is 17.7 Å². The van der Waals surface area contributed by atoms with Crippen molar-refractivity contribution in [2.75, 3.05) is 0 Å². The Morgan fingerprint density at radius 3 is 2.53 bits per heavy atom. The maximum Gasteiger partial charge on any atom is 0.269 e. The number of non-ortho nitro benzene ring substituents is 1. The lowest BCUT2D eigenvalue weighted by Gasteiger charge is -1.94. The van der Waals surface area contributed by atoms with E-state index in [1.54, 1.807) is 19.1 Å². The van der Waals surface area contributed by atoms with Crippen molar-refractivity contribution in [1.82, 2.24) is 10.1 Å². The van der Waals surface area contributed by atoms with Crippen molar-refractivity contribution >= 4 is 17.3 Å². The molecule has 0 aliphatic heterocycles. The minimum Gasteiger partial charge on any atom is -0.337 e. The van der Waals surface area contributed by atoms with Gasteiger partial charge in [0.1, 0.15) is 5.38 Å². The molecule has 0 aliphatic rings. The molecule has 88 valence electrons. The van der Waals surface area contributed by atoms with Gasteiger partial charge in [-0.1, -0.05) is 5.16 Å². The average Bonchev–Trinajstić information content (AvgIpc) is 2.78. The van der Waals surface area contributed by atoms with Crippen molar-refractivity contribution in [3.8, 4) is 11.4 Å². The van der Waals surface area contributed by atoms with E-state index in [4.69, 9.17) is 16.1 Å². The fourth-order valence-corrected chi connectivity index (χ4v) is 1.33. The molecule has 0 spiro atoms. The molecular weight excluding hydrogens is 246 g/mol. The third kappa shape index (κ3) is 2.42. The number of benzene rings is 1. The molecule has 0 saturated carbocycles. The van der Waals surface area contributed by atoms with Crippen LogP contribution in [-0.2, 0) is 0 Å². The molecule has 17 heavy (non-hydrogen) atoms. The molecule has 0 fully saturated rings. The Morgan fingerprint density at radius 2 is 2.06 bits per heavy atom. The average molecular weight is 254 g/mol. The number of rotatable bonds is 3. The van der Waals surface area contributed by atoms with Gasteiger partial charge in [-0.3, -0.25) is 10.1 Å². The first-order valence-corrected chi connectivity index (χ1v) is 5.24. The second kappa shape index (κ2) is 4.50. The maximum absolute atomic E-state index is 10.5. The highest BCUT2D eigenvalue weighted by atomic mass is 35.5. The fraction of sp³-hybridized carbons (Fsp3) is 0.200. The second-order valence-corrected chi connectivity index (χ2v) is 4.03. The molecule has 6 nitrogen and oxygen atoms in total. The van der Waals surface area contributed by atoms with Crippen LogP contribution in [0.5, 0.6) is 0 Å². The molecule has 0 radical (unpaired) electrons. The van der Waals surface area contributed by atoms with Crippen LogP contribution in [0.25, 0.3) is 11.4 Å². The predicted molar refractivity (Wildman–Crippen MR) is 60.7 cm³/mol. The van der Waals surface area contributed by atoms with Gasteiger partial charge in [-0.25, -0.2) is 0 Å². The molecule has 0 aliphatic carbocycles. The molecule has 0 bridgehead atoms. The number of aromatic nitrogens is 2. The smallest absolute Gasteiger partial charge is 0.269 e. The molecule has 1 atom stereocenters. The molecule has 2 rings (SSSR count). The van der Waals surface area contributed by atoms with Gasteiger partial charge in [-0.2, -0.15) is 4.98 Å². The topological polar surface area (TPSA) is 82.1 Å². The Balaban J connectivity index is 2.30. The molecule has 7 heteroatoms. The summed E-state index contributed by atoms with van der Waals surface area (Å²) in [5.41, 5.74) is 0.658. The number of nitrogens with zero attached hydrogens (tertiary/aromatic N) is 3. The Bertz CT molecular complexity index is 536. The summed E-state index contributed by atoms with van der Waals surface area (Å²) in [4.78, 5) is 14.1. The van der Waals surface area contributed by atoms with E-state index in [-0.39, 0.29) is 11.1 Å². The van der Waals surface area contributed by atoms with Gasteiger partial charge >= 0.3 is 0 Å². The first-order chi connectivity index (χ1) is 8.08. The van der Waals surface area contributed by atoms with Crippen LogP contribution < -0.4 is 0 Å². The zero-order valence-electron chi connectivity index (χ0n) is 8.83. The van der Waals surface area contributed by atoms with Crippen molar-refractivity contribution < 1.29 is 9.45 Å². The Labute approximate surface area is 101 Å². The zero-order chi connectivity index (χ0) is 12.4. The van der Waals surface area contributed by atoms with Crippen LogP contribution >= 0.6 is 11.6 Å². The van der Waals surface area contributed by atoms with Gasteiger partial charge < -0.3 is 4.52 Å². The van der Waals surface area contributed by atoms with Crippen LogP contribution in [0.4, 0.5) is 5.69 Å². The molecule has 1 unspecified atom stereocenters. The molecule has 0 saturated heterocycles. The van der Waals surface area contributed by atoms with Gasteiger partial charge in [0.25, 0.3) is 5.69 Å². The van der Waals surface area contributed by atoms with Gasteiger partial charge in [-0.05, 0) is 19.1 Å². The third-order valence-electron chi connectivity index (χ3n) is 2.12. The van der Waals surface area contributed by atoms with E-state index in [0.717, 1.165) is 0 Å². The third-order valence-corrected chi connectivity index (χ3v) is 2.31. The highest BCUT2D eigenvalue weighted by Gasteiger charge is 2.13. The molecule has 0 amide bonds. The maximum atomic E-state index is 10.5. The first-order valence-electron chi connectivity index (χ1n) is 4.80. The number of halogens is 1. The number of nitro benzene ring substituents is 1. The molecule has 2 aromatic rings. The summed E-state index contributed by atoms with van der Waals surface area (Å²) in [6.07, 6.45) is 0. The van der Waals surface area contributed by atoms with Crippen LogP contribution in [0, 0.1) is 10.1 Å². The van der Waals surface area contributed by atoms with Crippen LogP contribution in [0.3, 0.4) is 0 Å². The van der Waals surface area contributed by atoms with Gasteiger partial charge in [0.05, 0.1) is 4.92 Å². The zero-order valence-corrected chi connectivity index (χ0v) is 9.59. The lowest BCUT2D eigenvalue weighted by Crippen LogP contribution is -1.88. The predicted octanol–water partition coefficient (Wildman–Crippen LogP) is 2.94. The van der Waals surface area contributed by atoms with E-state index in [2.05, 4.69) is 10.1 Å². The van der Waals surface area contributed by atoms with E-state index < -0.39 is 4.92 Å². The van der Waals surface area contributed by atoms with Crippen LogP contribution in [0.15, 0.2) is 28.8 Å². The summed E-state index contributed by atoms with van der Waals surface area (Å²) in [6.45, 7) is 1.72. The van der Waals surface area contributed by atoms with Gasteiger partial charge in [0.2, 0.25) is 11.7 Å². The summed E-state index contributed by atoms with van der Waals surface area (Å²) in [7, 11) is 0. The Kier molecular flexibility index (Phi) is 3.06. The monoisotopic (exact) mass is 253 g/mol. The minimum atomic E-state index is -0.466. The molecule has 1 aromatic heterocycles. The number of hydrogen-bond donors (Lipinski definition) is 0. The van der Waals surface area contributed by atoms with Crippen molar-refractivity contribution in [2.24, 2.45) is 0 Å². The Morgan fingerprint density at radius 1 is 1.41 bits per heavy atom. The van der Waals surface area contributed by atoms with Crippen molar-refractivity contribution in [1.29, 1.82) is 0 Å². The summed E-state index contributed by atoms with van der Waals surface area (Å²) < 4.78 is 4.93. The van der Waals surface area contributed by atoms with Crippen LogP contribution in [-0.4, -0.2) is 15.1 Å². The quantitative estimate of drug-likeness (QED) is 0.477. The number of alkyl halides is 1. The molecular formula is C10H8ClN3O3. The number of hydrogen-bond acceptors (Lipinski definition) is 5. The van der Waals surface area contributed by atoms with Crippen molar-refractivity contribution in [3.05, 3.63) is 40.3 Å². The van der Waals surface area contributed by atoms with E-state index in [9.17, 15) is 10.1 Å². The first kappa shape index (κ1) is 11.5. The fourth-order valence-electron chi connectivity index (χ4n) is 1.25. The largest absolute Gasteiger partial charge is 0.337 e. The van der Waals surface area contributed by atoms with Crippen molar-refractivity contribution in [3.63, 3.8) is 0 Å². The standard InChI is InChI=1S/C10H8ClN3O3/c1-6(11)10-12-9(13-17-10)7-2-4-8(5-3-7)14(15)16/h2-6H,1H3. The van der Waals surface area contributed by atoms with Crippen LogP contribution in [0.1, 0.15) is 18.2 Å². The van der Waals surface area contributed by atoms with E-state index >= 15 is 0 Å². The van der Waals surface area contributed by atoms with E-state index in [1.165, 1.54) is 12.1 Å². The summed E-state index contributed by atoms with van der Waals surface area (Å²) in [5, 5.41) is 13.9. The Hall–Kier alpha value is -1.95. The minimum absolute atomic E-state index is 0.0168. The second-order valence-electron chi connectivity index (χ2n) is 3.38. The van der Waals surface area contributed by atoms with Crippen molar-refractivity contribution in [2.45, 2.75) is 12.3 Å². The van der Waals surface area contributed by atoms with E-state index in [1.807, 2.05) is 0 Å². The summed E-state index contributed by atoms with van der Waals surface area (Å²) >= 11 is 5.79. The van der Waals surface area contributed by atoms with Crippen LogP contribution in [0.2, 0.25) is 0 Å². The van der Waals surface area contributed by atoms with Gasteiger partial charge in [0.15, 0.2) is 0 Å². The highest BCUT2D eigenvalue weighted by Crippen LogP contribution is 2.23. The highest BCUT2D eigenvalue weighted by molar-refractivity contribution is 6.20.